The van der Waals surface area contributed by atoms with Crippen molar-refractivity contribution in [1.29, 1.82) is 0 Å². The van der Waals surface area contributed by atoms with E-state index in [1.54, 1.807) is 41.3 Å². The SMILES string of the molecule is C[C@@H](NS(=O)(=O)c1ccc2c(c1)CCN2C(=O)N1CCCC1)C(=O)Nc1ccc(Cl)cc1. The van der Waals surface area contributed by atoms with Crippen LogP contribution in [0.5, 0.6) is 0 Å². The second-order valence-corrected chi connectivity index (χ2v) is 10.2. The molecule has 0 radical (unpaired) electrons. The molecule has 0 unspecified atom stereocenters. The van der Waals surface area contributed by atoms with Gasteiger partial charge in [-0.05, 0) is 74.2 Å². The van der Waals surface area contributed by atoms with Crippen molar-refractivity contribution in [3.63, 3.8) is 0 Å². The Hall–Kier alpha value is -2.62. The molecule has 32 heavy (non-hydrogen) atoms. The molecule has 2 aliphatic heterocycles. The van der Waals surface area contributed by atoms with E-state index in [2.05, 4.69) is 10.0 Å². The number of hydrogen-bond donors (Lipinski definition) is 2. The van der Waals surface area contributed by atoms with Gasteiger partial charge in [-0.2, -0.15) is 4.72 Å². The van der Waals surface area contributed by atoms with Gasteiger partial charge in [0.15, 0.2) is 0 Å². The molecule has 0 saturated carbocycles. The normalized spacial score (nSPS) is 16.7. The van der Waals surface area contributed by atoms with E-state index in [1.807, 2.05) is 4.90 Å². The minimum Gasteiger partial charge on any atom is -0.325 e. The first-order valence-electron chi connectivity index (χ1n) is 10.5. The van der Waals surface area contributed by atoms with E-state index >= 15 is 0 Å². The molecule has 0 spiro atoms. The Labute approximate surface area is 192 Å². The minimum atomic E-state index is -3.92. The molecule has 4 rings (SSSR count). The van der Waals surface area contributed by atoms with Gasteiger partial charge in [0.2, 0.25) is 15.9 Å². The molecule has 2 heterocycles. The highest BCUT2D eigenvalue weighted by atomic mass is 35.5. The predicted octanol–water partition coefficient (Wildman–Crippen LogP) is 3.22. The minimum absolute atomic E-state index is 0.0255. The molecule has 0 aromatic heterocycles. The van der Waals surface area contributed by atoms with Crippen LogP contribution in [0, 0.1) is 0 Å². The molecule has 1 atom stereocenters. The van der Waals surface area contributed by atoms with E-state index < -0.39 is 22.0 Å². The summed E-state index contributed by atoms with van der Waals surface area (Å²) in [7, 11) is -3.92. The van der Waals surface area contributed by atoms with Gasteiger partial charge in [0.25, 0.3) is 0 Å². The van der Waals surface area contributed by atoms with Crippen LogP contribution in [0.4, 0.5) is 16.2 Å². The van der Waals surface area contributed by atoms with E-state index in [1.165, 1.54) is 13.0 Å². The summed E-state index contributed by atoms with van der Waals surface area (Å²) in [4.78, 5) is 28.8. The maximum atomic E-state index is 12.9. The van der Waals surface area contributed by atoms with Crippen molar-refractivity contribution in [3.05, 3.63) is 53.1 Å². The summed E-state index contributed by atoms with van der Waals surface area (Å²) in [5.41, 5.74) is 2.07. The largest absolute Gasteiger partial charge is 0.325 e. The highest BCUT2D eigenvalue weighted by Crippen LogP contribution is 2.31. The Bertz CT molecular complexity index is 1130. The van der Waals surface area contributed by atoms with Crippen LogP contribution in [0.25, 0.3) is 0 Å². The number of carbonyl (C=O) groups excluding carboxylic acids is 2. The lowest BCUT2D eigenvalue weighted by atomic mass is 10.2. The summed E-state index contributed by atoms with van der Waals surface area (Å²) in [6.45, 7) is 3.53. The second kappa shape index (κ2) is 9.09. The zero-order valence-corrected chi connectivity index (χ0v) is 19.2. The molecule has 2 aromatic carbocycles. The van der Waals surface area contributed by atoms with Crippen LogP contribution in [0.2, 0.25) is 5.02 Å². The van der Waals surface area contributed by atoms with Crippen LogP contribution in [0.1, 0.15) is 25.3 Å². The number of anilines is 2. The fraction of sp³-hybridized carbons (Fsp3) is 0.364. The predicted molar refractivity (Wildman–Crippen MR) is 124 cm³/mol. The number of nitrogens with zero attached hydrogens (tertiary/aromatic N) is 2. The third-order valence-electron chi connectivity index (χ3n) is 5.70. The Balaban J connectivity index is 1.44. The molecule has 0 bridgehead atoms. The maximum Gasteiger partial charge on any atom is 0.324 e. The van der Waals surface area contributed by atoms with Crippen LogP contribution < -0.4 is 14.9 Å². The first-order chi connectivity index (χ1) is 15.2. The lowest BCUT2D eigenvalue weighted by molar-refractivity contribution is -0.117. The highest BCUT2D eigenvalue weighted by Gasteiger charge is 2.31. The molecule has 170 valence electrons. The monoisotopic (exact) mass is 476 g/mol. The third kappa shape index (κ3) is 4.74. The van der Waals surface area contributed by atoms with Crippen LogP contribution >= 0.6 is 11.6 Å². The lowest BCUT2D eigenvalue weighted by Gasteiger charge is -2.24. The quantitative estimate of drug-likeness (QED) is 0.692. The standard InChI is InChI=1S/C22H25ClN4O4S/c1-15(21(28)24-18-6-4-17(23)5-7-18)25-32(30,31)19-8-9-20-16(14-19)10-13-27(20)22(29)26-11-2-3-12-26/h4-9,14-15,25H,2-3,10-13H2,1H3,(H,24,28)/t15-/m1/s1. The van der Waals surface area contributed by atoms with Crippen molar-refractivity contribution in [2.75, 3.05) is 29.9 Å². The van der Waals surface area contributed by atoms with Gasteiger partial charge in [-0.25, -0.2) is 13.2 Å². The van der Waals surface area contributed by atoms with Gasteiger partial charge in [0, 0.05) is 36.0 Å². The Morgan fingerprint density at radius 3 is 2.41 bits per heavy atom. The highest BCUT2D eigenvalue weighted by molar-refractivity contribution is 7.89. The Morgan fingerprint density at radius 2 is 1.72 bits per heavy atom. The molecular weight excluding hydrogens is 452 g/mol. The number of carbonyl (C=O) groups is 2. The molecule has 8 nitrogen and oxygen atoms in total. The number of hydrogen-bond acceptors (Lipinski definition) is 4. The summed E-state index contributed by atoms with van der Waals surface area (Å²) < 4.78 is 28.2. The van der Waals surface area contributed by atoms with Gasteiger partial charge in [0.05, 0.1) is 10.9 Å². The molecule has 10 heteroatoms. The average molecular weight is 477 g/mol. The number of sulfonamides is 1. The summed E-state index contributed by atoms with van der Waals surface area (Å²) in [6.07, 6.45) is 2.61. The zero-order valence-electron chi connectivity index (χ0n) is 17.7. The lowest BCUT2D eigenvalue weighted by Crippen LogP contribution is -2.41. The second-order valence-electron chi connectivity index (χ2n) is 8.01. The molecule has 2 N–H and O–H groups in total. The summed E-state index contributed by atoms with van der Waals surface area (Å²) >= 11 is 5.84. The van der Waals surface area contributed by atoms with Gasteiger partial charge in [-0.15, -0.1) is 0 Å². The summed E-state index contributed by atoms with van der Waals surface area (Å²) in [5.74, 6) is -0.487. The fourth-order valence-electron chi connectivity index (χ4n) is 3.96. The van der Waals surface area contributed by atoms with Crippen LogP contribution in [0.3, 0.4) is 0 Å². The van der Waals surface area contributed by atoms with Crippen molar-refractivity contribution >= 4 is 44.9 Å². The molecule has 3 amide bonds. The number of rotatable bonds is 5. The van der Waals surface area contributed by atoms with Crippen LogP contribution in [-0.2, 0) is 21.2 Å². The molecule has 0 aliphatic carbocycles. The smallest absolute Gasteiger partial charge is 0.324 e. The molecule has 1 saturated heterocycles. The maximum absolute atomic E-state index is 12.9. The van der Waals surface area contributed by atoms with Crippen molar-refractivity contribution in [2.24, 2.45) is 0 Å². The third-order valence-corrected chi connectivity index (χ3v) is 7.49. The van der Waals surface area contributed by atoms with Crippen molar-refractivity contribution in [1.82, 2.24) is 9.62 Å². The van der Waals surface area contributed by atoms with Crippen LogP contribution in [-0.4, -0.2) is 50.9 Å². The summed E-state index contributed by atoms with van der Waals surface area (Å²) in [6, 6.07) is 10.2. The number of benzene rings is 2. The zero-order chi connectivity index (χ0) is 22.9. The van der Waals surface area contributed by atoms with Gasteiger partial charge in [-0.1, -0.05) is 11.6 Å². The number of amides is 3. The van der Waals surface area contributed by atoms with Gasteiger partial charge >= 0.3 is 6.03 Å². The molecule has 2 aromatic rings. The fourth-order valence-corrected chi connectivity index (χ4v) is 5.34. The molecular formula is C22H25ClN4O4S. The van der Waals surface area contributed by atoms with E-state index in [4.69, 9.17) is 11.6 Å². The summed E-state index contributed by atoms with van der Waals surface area (Å²) in [5, 5.41) is 3.19. The van der Waals surface area contributed by atoms with Gasteiger partial charge in [-0.3, -0.25) is 9.69 Å². The first-order valence-corrected chi connectivity index (χ1v) is 12.4. The first kappa shape index (κ1) is 22.6. The average Bonchev–Trinajstić information content (AvgIpc) is 3.44. The molecule has 2 aliphatic rings. The van der Waals surface area contributed by atoms with E-state index in [9.17, 15) is 18.0 Å². The number of nitrogens with one attached hydrogen (secondary N) is 2. The van der Waals surface area contributed by atoms with Gasteiger partial charge in [0.1, 0.15) is 0 Å². The number of halogens is 1. The number of likely N-dealkylation sites (tertiary alicyclic amines) is 1. The number of fused-ring (bicyclic) bond motifs is 1. The van der Waals surface area contributed by atoms with E-state index in [-0.39, 0.29) is 10.9 Å². The van der Waals surface area contributed by atoms with Crippen molar-refractivity contribution in [3.8, 4) is 0 Å². The van der Waals surface area contributed by atoms with E-state index in [0.717, 1.165) is 37.2 Å². The van der Waals surface area contributed by atoms with Crippen molar-refractivity contribution < 1.29 is 18.0 Å². The van der Waals surface area contributed by atoms with Crippen molar-refractivity contribution in [2.45, 2.75) is 37.1 Å². The molecule has 1 fully saturated rings. The van der Waals surface area contributed by atoms with E-state index in [0.29, 0.717) is 23.7 Å². The van der Waals surface area contributed by atoms with Crippen LogP contribution in [0.15, 0.2) is 47.4 Å². The Morgan fingerprint density at radius 1 is 1.03 bits per heavy atom. The topological polar surface area (TPSA) is 98.8 Å². The number of urea groups is 1. The Kier molecular flexibility index (Phi) is 6.41. The van der Waals surface area contributed by atoms with Gasteiger partial charge < -0.3 is 10.2 Å².